The van der Waals surface area contributed by atoms with Gasteiger partial charge in [-0.15, -0.1) is 0 Å². The van der Waals surface area contributed by atoms with Gasteiger partial charge < -0.3 is 5.32 Å². The molecule has 25 heavy (non-hydrogen) atoms. The number of unbranched alkanes of at least 4 members (excludes halogenated alkanes) is 1. The van der Waals surface area contributed by atoms with Crippen LogP contribution in [0.25, 0.3) is 5.69 Å². The molecule has 0 saturated carbocycles. The molecule has 0 aliphatic heterocycles. The first-order valence-corrected chi connectivity index (χ1v) is 8.02. The number of para-hydroxylation sites is 2. The van der Waals surface area contributed by atoms with E-state index in [1.54, 1.807) is 17.1 Å². The Morgan fingerprint density at radius 2 is 2.04 bits per heavy atom. The second-order valence-electron chi connectivity index (χ2n) is 5.44. The van der Waals surface area contributed by atoms with Crippen molar-refractivity contribution in [2.24, 2.45) is 0 Å². The summed E-state index contributed by atoms with van der Waals surface area (Å²) < 4.78 is 2.88. The molecule has 3 rings (SSSR count). The zero-order chi connectivity index (χ0) is 17.6. The number of anilines is 1. The largest absolute Gasteiger partial charge is 0.319 e. The van der Waals surface area contributed by atoms with Gasteiger partial charge in [0.15, 0.2) is 0 Å². The summed E-state index contributed by atoms with van der Waals surface area (Å²) in [5.74, 6) is -0.391. The van der Waals surface area contributed by atoms with Gasteiger partial charge in [0.05, 0.1) is 11.4 Å². The molecule has 8 heteroatoms. The Bertz CT molecular complexity index is 917. The number of amides is 1. The van der Waals surface area contributed by atoms with Gasteiger partial charge in [0.1, 0.15) is 18.3 Å². The van der Waals surface area contributed by atoms with Gasteiger partial charge >= 0.3 is 0 Å². The first-order chi connectivity index (χ1) is 12.2. The maximum Gasteiger partial charge on any atom is 0.276 e. The Balaban J connectivity index is 1.85. The minimum atomic E-state index is -0.391. The maximum absolute atomic E-state index is 12.5. The van der Waals surface area contributed by atoms with Crippen LogP contribution < -0.4 is 10.9 Å². The van der Waals surface area contributed by atoms with Crippen molar-refractivity contribution in [3.05, 3.63) is 65.1 Å². The predicted molar refractivity (Wildman–Crippen MR) is 92.7 cm³/mol. The fourth-order valence-electron chi connectivity index (χ4n) is 2.34. The summed E-state index contributed by atoms with van der Waals surface area (Å²) >= 11 is 0. The lowest BCUT2D eigenvalue weighted by Gasteiger charge is -2.11. The summed E-state index contributed by atoms with van der Waals surface area (Å²) in [5, 5.41) is 11.0. The molecule has 0 aliphatic rings. The fraction of sp³-hybridized carbons (Fsp3) is 0.235. The van der Waals surface area contributed by atoms with E-state index in [9.17, 15) is 9.59 Å². The van der Waals surface area contributed by atoms with Crippen LogP contribution in [0.1, 0.15) is 30.3 Å². The number of nitrogens with zero attached hydrogens (tertiary/aromatic N) is 5. The number of benzene rings is 1. The molecule has 2 aromatic heterocycles. The molecule has 0 bridgehead atoms. The van der Waals surface area contributed by atoms with Crippen molar-refractivity contribution >= 4 is 11.6 Å². The summed E-state index contributed by atoms with van der Waals surface area (Å²) in [7, 11) is 0. The molecule has 0 aliphatic carbocycles. The minimum absolute atomic E-state index is 0.184. The molecule has 2 heterocycles. The predicted octanol–water partition coefficient (Wildman–Crippen LogP) is 1.88. The third kappa shape index (κ3) is 3.79. The number of aryl methyl sites for hydroxylation is 1. The molecule has 0 unspecified atom stereocenters. The lowest BCUT2D eigenvalue weighted by Crippen LogP contribution is -2.26. The van der Waals surface area contributed by atoms with Crippen molar-refractivity contribution in [1.29, 1.82) is 0 Å². The minimum Gasteiger partial charge on any atom is -0.319 e. The Hall–Kier alpha value is -3.29. The Labute approximate surface area is 144 Å². The van der Waals surface area contributed by atoms with E-state index in [2.05, 4.69) is 20.5 Å². The van der Waals surface area contributed by atoms with Gasteiger partial charge in [-0.2, -0.15) is 10.2 Å². The zero-order valence-electron chi connectivity index (χ0n) is 13.8. The number of hydrogen-bond donors (Lipinski definition) is 1. The lowest BCUT2D eigenvalue weighted by molar-refractivity contribution is 0.101. The van der Waals surface area contributed by atoms with Crippen molar-refractivity contribution in [2.75, 3.05) is 5.32 Å². The molecule has 0 fully saturated rings. The quantitative estimate of drug-likeness (QED) is 0.740. The third-order valence-electron chi connectivity index (χ3n) is 3.64. The highest BCUT2D eigenvalue weighted by atomic mass is 16.2. The van der Waals surface area contributed by atoms with E-state index in [4.69, 9.17) is 0 Å². The van der Waals surface area contributed by atoms with Crippen LogP contribution in [0.3, 0.4) is 0 Å². The highest BCUT2D eigenvalue weighted by Gasteiger charge is 2.13. The molecular weight excluding hydrogens is 320 g/mol. The number of carbonyl (C=O) groups excluding carboxylic acids is 1. The second kappa shape index (κ2) is 7.52. The van der Waals surface area contributed by atoms with E-state index in [1.165, 1.54) is 23.1 Å². The topological polar surface area (TPSA) is 94.7 Å². The Kier molecular flexibility index (Phi) is 4.98. The molecule has 1 amide bonds. The van der Waals surface area contributed by atoms with Crippen molar-refractivity contribution in [1.82, 2.24) is 24.5 Å². The van der Waals surface area contributed by atoms with Gasteiger partial charge in [-0.1, -0.05) is 25.5 Å². The number of aromatic nitrogens is 5. The van der Waals surface area contributed by atoms with Crippen LogP contribution in [0.15, 0.2) is 53.8 Å². The first-order valence-electron chi connectivity index (χ1n) is 8.02. The molecular formula is C17H18N6O2. The SMILES string of the molecule is CCCCn1nc(C(=O)Nc2ccccc2-n2cncn2)ccc1=O. The molecule has 3 aromatic rings. The molecule has 0 atom stereocenters. The highest BCUT2D eigenvalue weighted by Crippen LogP contribution is 2.19. The third-order valence-corrected chi connectivity index (χ3v) is 3.64. The smallest absolute Gasteiger partial charge is 0.276 e. The maximum atomic E-state index is 12.5. The van der Waals surface area contributed by atoms with Crippen LogP contribution in [0.2, 0.25) is 0 Å². The zero-order valence-corrected chi connectivity index (χ0v) is 13.8. The van der Waals surface area contributed by atoms with Crippen molar-refractivity contribution < 1.29 is 4.79 Å². The van der Waals surface area contributed by atoms with Gasteiger partial charge in [-0.05, 0) is 24.6 Å². The van der Waals surface area contributed by atoms with Crippen LogP contribution in [0.4, 0.5) is 5.69 Å². The van der Waals surface area contributed by atoms with Crippen LogP contribution >= 0.6 is 0 Å². The molecule has 128 valence electrons. The van der Waals surface area contributed by atoms with E-state index in [0.29, 0.717) is 17.9 Å². The van der Waals surface area contributed by atoms with Crippen LogP contribution in [-0.2, 0) is 6.54 Å². The number of carbonyl (C=O) groups is 1. The van der Waals surface area contributed by atoms with Crippen molar-refractivity contribution in [2.45, 2.75) is 26.3 Å². The van der Waals surface area contributed by atoms with E-state index < -0.39 is 5.91 Å². The molecule has 1 N–H and O–H groups in total. The second-order valence-corrected chi connectivity index (χ2v) is 5.44. The Morgan fingerprint density at radius 1 is 1.20 bits per heavy atom. The molecule has 1 aromatic carbocycles. The van der Waals surface area contributed by atoms with E-state index in [1.807, 2.05) is 25.1 Å². The van der Waals surface area contributed by atoms with Crippen molar-refractivity contribution in [3.63, 3.8) is 0 Å². The average Bonchev–Trinajstić information content (AvgIpc) is 3.16. The molecule has 0 spiro atoms. The van der Waals surface area contributed by atoms with E-state index >= 15 is 0 Å². The lowest BCUT2D eigenvalue weighted by atomic mass is 10.2. The average molecular weight is 338 g/mol. The van der Waals surface area contributed by atoms with E-state index in [0.717, 1.165) is 12.8 Å². The first kappa shape index (κ1) is 16.6. The fourth-order valence-corrected chi connectivity index (χ4v) is 2.34. The van der Waals surface area contributed by atoms with Crippen molar-refractivity contribution in [3.8, 4) is 5.69 Å². The van der Waals surface area contributed by atoms with Crippen LogP contribution in [-0.4, -0.2) is 30.5 Å². The molecule has 8 nitrogen and oxygen atoms in total. The molecule has 0 saturated heterocycles. The van der Waals surface area contributed by atoms with Crippen LogP contribution in [0, 0.1) is 0 Å². The van der Waals surface area contributed by atoms with Gasteiger partial charge in [0.25, 0.3) is 11.5 Å². The monoisotopic (exact) mass is 338 g/mol. The van der Waals surface area contributed by atoms with Gasteiger partial charge in [-0.25, -0.2) is 14.3 Å². The van der Waals surface area contributed by atoms with Gasteiger partial charge in [-0.3, -0.25) is 9.59 Å². The van der Waals surface area contributed by atoms with Crippen LogP contribution in [0.5, 0.6) is 0 Å². The van der Waals surface area contributed by atoms with E-state index in [-0.39, 0.29) is 11.3 Å². The van der Waals surface area contributed by atoms with Gasteiger partial charge in [0, 0.05) is 12.6 Å². The standard InChI is InChI=1S/C17H18N6O2/c1-2-3-10-22-16(24)9-8-14(21-22)17(25)20-13-6-4-5-7-15(13)23-12-18-11-19-23/h4-9,11-12H,2-3,10H2,1H3,(H,20,25). The number of hydrogen-bond acceptors (Lipinski definition) is 5. The normalized spacial score (nSPS) is 10.6. The Morgan fingerprint density at radius 3 is 2.80 bits per heavy atom. The summed E-state index contributed by atoms with van der Waals surface area (Å²) in [4.78, 5) is 28.3. The van der Waals surface area contributed by atoms with Gasteiger partial charge in [0.2, 0.25) is 0 Å². The summed E-state index contributed by atoms with van der Waals surface area (Å²) in [5.41, 5.74) is 1.23. The summed E-state index contributed by atoms with van der Waals surface area (Å²) in [6.45, 7) is 2.52. The molecule has 0 radical (unpaired) electrons. The number of rotatable bonds is 6. The summed E-state index contributed by atoms with van der Waals surface area (Å²) in [6, 6.07) is 10.0. The summed E-state index contributed by atoms with van der Waals surface area (Å²) in [6.07, 6.45) is 4.74. The highest BCUT2D eigenvalue weighted by molar-refractivity contribution is 6.03. The number of nitrogens with one attached hydrogen (secondary N) is 1.